The van der Waals surface area contributed by atoms with E-state index in [2.05, 4.69) is 0 Å². The Labute approximate surface area is 113 Å². The van der Waals surface area contributed by atoms with Gasteiger partial charge in [-0.05, 0) is 43.7 Å². The van der Waals surface area contributed by atoms with Gasteiger partial charge in [-0.15, -0.1) is 0 Å². The molecule has 19 heavy (non-hydrogen) atoms. The minimum atomic E-state index is -3.52. The third-order valence-corrected chi connectivity index (χ3v) is 5.66. The Hall–Kier alpha value is -1.38. The second-order valence-corrected chi connectivity index (χ2v) is 7.22. The van der Waals surface area contributed by atoms with E-state index in [1.165, 1.54) is 6.07 Å². The van der Waals surface area contributed by atoms with Crippen LogP contribution in [0.5, 0.6) is 0 Å². The van der Waals surface area contributed by atoms with Crippen molar-refractivity contribution in [2.75, 3.05) is 6.54 Å². The van der Waals surface area contributed by atoms with Crippen molar-refractivity contribution in [2.45, 2.75) is 36.6 Å². The maximum Gasteiger partial charge on any atom is 0.244 e. The van der Waals surface area contributed by atoms with Crippen LogP contribution in [0.1, 0.15) is 31.2 Å². The largest absolute Gasteiger partial charge is 0.244 e. The van der Waals surface area contributed by atoms with Crippen molar-refractivity contribution in [1.29, 1.82) is 5.26 Å². The van der Waals surface area contributed by atoms with E-state index in [9.17, 15) is 8.42 Å². The summed E-state index contributed by atoms with van der Waals surface area (Å²) in [6.45, 7) is 0.618. The Morgan fingerprint density at radius 3 is 2.47 bits per heavy atom. The fourth-order valence-electron chi connectivity index (χ4n) is 2.27. The number of hydrogen-bond donors (Lipinski definition) is 0. The lowest BCUT2D eigenvalue weighted by atomic mass is 10.2. The van der Waals surface area contributed by atoms with Crippen molar-refractivity contribution in [2.24, 2.45) is 5.92 Å². The first-order valence-corrected chi connectivity index (χ1v) is 8.08. The molecule has 2 saturated carbocycles. The van der Waals surface area contributed by atoms with E-state index in [4.69, 9.17) is 5.26 Å². The predicted molar refractivity (Wildman–Crippen MR) is 70.8 cm³/mol. The Morgan fingerprint density at radius 2 is 1.89 bits per heavy atom. The van der Waals surface area contributed by atoms with Gasteiger partial charge in [0.25, 0.3) is 0 Å². The normalized spacial score (nSPS) is 19.4. The van der Waals surface area contributed by atoms with Crippen LogP contribution >= 0.6 is 0 Å². The summed E-state index contributed by atoms with van der Waals surface area (Å²) in [6, 6.07) is 8.60. The van der Waals surface area contributed by atoms with Gasteiger partial charge in [-0.25, -0.2) is 8.42 Å². The number of rotatable bonds is 5. The number of nitriles is 1. The number of hydrogen-bond acceptors (Lipinski definition) is 3. The molecule has 0 aliphatic heterocycles. The van der Waals surface area contributed by atoms with Crippen LogP contribution in [0.25, 0.3) is 0 Å². The molecule has 0 aromatic heterocycles. The van der Waals surface area contributed by atoms with Crippen molar-refractivity contribution in [3.63, 3.8) is 0 Å². The molecule has 2 aliphatic carbocycles. The minimum absolute atomic E-state index is 0.150. The van der Waals surface area contributed by atoms with E-state index < -0.39 is 10.0 Å². The third kappa shape index (κ3) is 2.51. The molecule has 0 N–H and O–H groups in total. The fraction of sp³-hybridized carbons (Fsp3) is 0.500. The average Bonchev–Trinajstić information content (AvgIpc) is 3.28. The van der Waals surface area contributed by atoms with E-state index in [0.29, 0.717) is 12.5 Å². The summed E-state index contributed by atoms with van der Waals surface area (Å²) in [5.41, 5.74) is 0.240. The molecule has 2 aliphatic rings. The van der Waals surface area contributed by atoms with Gasteiger partial charge >= 0.3 is 0 Å². The van der Waals surface area contributed by atoms with Crippen LogP contribution in [-0.4, -0.2) is 25.3 Å². The van der Waals surface area contributed by atoms with Crippen LogP contribution < -0.4 is 0 Å². The molecule has 0 heterocycles. The first kappa shape index (κ1) is 12.6. The maximum absolute atomic E-state index is 12.7. The molecular formula is C14H16N2O2S. The van der Waals surface area contributed by atoms with Gasteiger partial charge in [-0.3, -0.25) is 0 Å². The zero-order valence-electron chi connectivity index (χ0n) is 10.6. The summed E-state index contributed by atoms with van der Waals surface area (Å²) in [5.74, 6) is 0.518. The highest BCUT2D eigenvalue weighted by Crippen LogP contribution is 2.38. The van der Waals surface area contributed by atoms with Crippen LogP contribution in [0.3, 0.4) is 0 Å². The molecule has 0 spiro atoms. The second-order valence-electron chi connectivity index (χ2n) is 5.36. The van der Waals surface area contributed by atoms with Crippen molar-refractivity contribution in [3.8, 4) is 6.07 Å². The molecule has 0 bridgehead atoms. The zero-order chi connectivity index (χ0) is 13.5. The van der Waals surface area contributed by atoms with Crippen molar-refractivity contribution in [1.82, 2.24) is 4.31 Å². The summed E-state index contributed by atoms with van der Waals surface area (Å²) >= 11 is 0. The molecule has 1 aromatic carbocycles. The smallest absolute Gasteiger partial charge is 0.207 e. The molecule has 0 amide bonds. The minimum Gasteiger partial charge on any atom is -0.207 e. The molecule has 3 rings (SSSR count). The molecule has 5 heteroatoms. The zero-order valence-corrected chi connectivity index (χ0v) is 11.4. The molecule has 0 radical (unpaired) electrons. The lowest BCUT2D eigenvalue weighted by molar-refractivity contribution is 0.388. The van der Waals surface area contributed by atoms with Gasteiger partial charge < -0.3 is 0 Å². The number of benzene rings is 1. The van der Waals surface area contributed by atoms with Crippen LogP contribution in [0.2, 0.25) is 0 Å². The molecule has 100 valence electrons. The summed E-state index contributed by atoms with van der Waals surface area (Å²) in [4.78, 5) is 0.157. The van der Waals surface area contributed by atoms with Gasteiger partial charge in [-0.2, -0.15) is 9.57 Å². The van der Waals surface area contributed by atoms with Gasteiger partial charge in [0.15, 0.2) is 0 Å². The summed E-state index contributed by atoms with van der Waals surface area (Å²) < 4.78 is 27.1. The lowest BCUT2D eigenvalue weighted by Crippen LogP contribution is -2.35. The summed E-state index contributed by atoms with van der Waals surface area (Å²) in [6.07, 6.45) is 4.14. The predicted octanol–water partition coefficient (Wildman–Crippen LogP) is 2.12. The highest BCUT2D eigenvalue weighted by molar-refractivity contribution is 7.89. The monoisotopic (exact) mass is 276 g/mol. The van der Waals surface area contributed by atoms with Gasteiger partial charge in [0.05, 0.1) is 10.5 Å². The average molecular weight is 276 g/mol. The molecule has 4 nitrogen and oxygen atoms in total. The number of sulfonamides is 1. The van der Waals surface area contributed by atoms with Crippen molar-refractivity contribution < 1.29 is 8.42 Å². The Kier molecular flexibility index (Phi) is 3.08. The SMILES string of the molecule is N#Cc1ccccc1S(=O)(=O)N(CC1CC1)C1CC1. The lowest BCUT2D eigenvalue weighted by Gasteiger charge is -2.22. The van der Waals surface area contributed by atoms with E-state index in [1.54, 1.807) is 22.5 Å². The van der Waals surface area contributed by atoms with Gasteiger partial charge in [0.2, 0.25) is 10.0 Å². The van der Waals surface area contributed by atoms with Crippen LogP contribution in [0, 0.1) is 17.2 Å². The topological polar surface area (TPSA) is 61.2 Å². The molecule has 1 aromatic rings. The molecular weight excluding hydrogens is 260 g/mol. The first-order valence-electron chi connectivity index (χ1n) is 6.64. The number of nitrogens with zero attached hydrogens (tertiary/aromatic N) is 2. The molecule has 2 fully saturated rings. The fourth-order valence-corrected chi connectivity index (χ4v) is 4.18. The van der Waals surface area contributed by atoms with Crippen LogP contribution in [0.4, 0.5) is 0 Å². The highest BCUT2D eigenvalue weighted by atomic mass is 32.2. The second kappa shape index (κ2) is 4.62. The van der Waals surface area contributed by atoms with Crippen molar-refractivity contribution in [3.05, 3.63) is 29.8 Å². The van der Waals surface area contributed by atoms with E-state index >= 15 is 0 Å². The van der Waals surface area contributed by atoms with E-state index in [0.717, 1.165) is 25.7 Å². The van der Waals surface area contributed by atoms with Crippen LogP contribution in [-0.2, 0) is 10.0 Å². The van der Waals surface area contributed by atoms with E-state index in [-0.39, 0.29) is 16.5 Å². The summed E-state index contributed by atoms with van der Waals surface area (Å²) in [7, 11) is -3.52. The third-order valence-electron chi connectivity index (χ3n) is 3.68. The molecule has 0 atom stereocenters. The van der Waals surface area contributed by atoms with E-state index in [1.807, 2.05) is 6.07 Å². The van der Waals surface area contributed by atoms with Crippen LogP contribution in [0.15, 0.2) is 29.2 Å². The maximum atomic E-state index is 12.7. The standard InChI is InChI=1S/C14H16N2O2S/c15-9-12-3-1-2-4-14(12)19(17,18)16(13-7-8-13)10-11-5-6-11/h1-4,11,13H,5-8,10H2. The van der Waals surface area contributed by atoms with Crippen molar-refractivity contribution >= 4 is 10.0 Å². The Balaban J connectivity index is 1.97. The Morgan fingerprint density at radius 1 is 1.21 bits per heavy atom. The van der Waals surface area contributed by atoms with Gasteiger partial charge in [-0.1, -0.05) is 12.1 Å². The molecule has 0 saturated heterocycles. The highest BCUT2D eigenvalue weighted by Gasteiger charge is 2.41. The quantitative estimate of drug-likeness (QED) is 0.827. The van der Waals surface area contributed by atoms with Gasteiger partial charge in [0, 0.05) is 12.6 Å². The molecule has 0 unspecified atom stereocenters. The first-order chi connectivity index (χ1) is 9.13. The Bertz CT molecular complexity index is 625. The summed E-state index contributed by atoms with van der Waals surface area (Å²) in [5, 5.41) is 9.08. The van der Waals surface area contributed by atoms with Gasteiger partial charge in [0.1, 0.15) is 6.07 Å².